The Labute approximate surface area is 146 Å². The van der Waals surface area contributed by atoms with E-state index in [-0.39, 0.29) is 29.5 Å². The van der Waals surface area contributed by atoms with Crippen LogP contribution in [0, 0.1) is 23.7 Å². The van der Waals surface area contributed by atoms with E-state index in [0.717, 1.165) is 0 Å². The molecule has 1 aliphatic heterocycles. The van der Waals surface area contributed by atoms with Crippen LogP contribution in [0.2, 0.25) is 0 Å². The highest BCUT2D eigenvalue weighted by Gasteiger charge is 2.57. The number of fused-ring (bicyclic) bond motifs is 3. The fourth-order valence-electron chi connectivity index (χ4n) is 4.34. The number of aliphatic hydroxyl groups is 1. The maximum atomic E-state index is 12.5. The van der Waals surface area contributed by atoms with Crippen LogP contribution in [0.1, 0.15) is 20.3 Å². The highest BCUT2D eigenvalue weighted by molar-refractivity contribution is 5.97. The number of aliphatic hydroxyl groups excluding tert-OH is 1. The third kappa shape index (κ3) is 2.74. The number of ketones is 1. The second kappa shape index (κ2) is 6.26. The highest BCUT2D eigenvalue weighted by Crippen LogP contribution is 2.50. The van der Waals surface area contributed by atoms with Gasteiger partial charge in [0.15, 0.2) is 5.78 Å². The molecule has 0 amide bonds. The van der Waals surface area contributed by atoms with E-state index in [0.29, 0.717) is 12.0 Å². The molecule has 6 nitrogen and oxygen atoms in total. The summed E-state index contributed by atoms with van der Waals surface area (Å²) in [6, 6.07) is 0. The molecule has 1 saturated heterocycles. The van der Waals surface area contributed by atoms with Gasteiger partial charge in [-0.05, 0) is 30.9 Å². The second-order valence-corrected chi connectivity index (χ2v) is 7.19. The molecular weight excluding hydrogens is 324 g/mol. The standard InChI is InChI=1S/C19H22O6/c1-8(2)18(22)24-13-5-9(3)14-12(21)6-11(7-20)16(14)17-15(13)10(4)19(23)25-17/h6,9,13-17,20H,1,4-5,7H2,2-3H3. The third-order valence-electron chi connectivity index (χ3n) is 5.49. The van der Waals surface area contributed by atoms with Crippen LogP contribution in [0.4, 0.5) is 0 Å². The first-order valence-electron chi connectivity index (χ1n) is 8.37. The molecule has 0 bridgehead atoms. The average molecular weight is 346 g/mol. The van der Waals surface area contributed by atoms with Crippen molar-refractivity contribution in [2.45, 2.75) is 32.5 Å². The lowest BCUT2D eigenvalue weighted by molar-refractivity contribution is -0.148. The second-order valence-electron chi connectivity index (χ2n) is 7.19. The number of allylic oxidation sites excluding steroid dienone is 1. The predicted octanol–water partition coefficient (Wildman–Crippen LogP) is 1.35. The summed E-state index contributed by atoms with van der Waals surface area (Å²) in [4.78, 5) is 36.6. The van der Waals surface area contributed by atoms with Crippen molar-refractivity contribution in [3.05, 3.63) is 36.0 Å². The van der Waals surface area contributed by atoms with Gasteiger partial charge in [0.2, 0.25) is 0 Å². The fraction of sp³-hybridized carbons (Fsp3) is 0.526. The van der Waals surface area contributed by atoms with E-state index >= 15 is 0 Å². The van der Waals surface area contributed by atoms with Crippen molar-refractivity contribution in [3.63, 3.8) is 0 Å². The summed E-state index contributed by atoms with van der Waals surface area (Å²) < 4.78 is 11.1. The third-order valence-corrected chi connectivity index (χ3v) is 5.49. The van der Waals surface area contributed by atoms with Crippen LogP contribution in [0.25, 0.3) is 0 Å². The van der Waals surface area contributed by atoms with Gasteiger partial charge in [-0.3, -0.25) is 4.79 Å². The van der Waals surface area contributed by atoms with Crippen LogP contribution < -0.4 is 0 Å². The molecule has 0 spiro atoms. The van der Waals surface area contributed by atoms with E-state index in [1.807, 2.05) is 6.92 Å². The van der Waals surface area contributed by atoms with E-state index in [2.05, 4.69) is 13.2 Å². The first-order chi connectivity index (χ1) is 11.8. The minimum atomic E-state index is -0.664. The van der Waals surface area contributed by atoms with Crippen molar-refractivity contribution in [2.75, 3.05) is 6.61 Å². The molecule has 3 aliphatic rings. The summed E-state index contributed by atoms with van der Waals surface area (Å²) in [5, 5.41) is 9.66. The molecule has 3 rings (SSSR count). The lowest BCUT2D eigenvalue weighted by Crippen LogP contribution is -2.37. The Kier molecular flexibility index (Phi) is 4.41. The smallest absolute Gasteiger partial charge is 0.334 e. The van der Waals surface area contributed by atoms with Crippen molar-refractivity contribution in [1.29, 1.82) is 0 Å². The largest absolute Gasteiger partial charge is 0.458 e. The van der Waals surface area contributed by atoms with Crippen LogP contribution >= 0.6 is 0 Å². The molecule has 0 radical (unpaired) electrons. The Morgan fingerprint density at radius 2 is 2.04 bits per heavy atom. The van der Waals surface area contributed by atoms with Gasteiger partial charge in [0.05, 0.1) is 12.5 Å². The molecule has 2 fully saturated rings. The van der Waals surface area contributed by atoms with Gasteiger partial charge in [-0.15, -0.1) is 0 Å². The number of hydrogen-bond donors (Lipinski definition) is 1. The molecule has 6 heteroatoms. The van der Waals surface area contributed by atoms with E-state index in [1.165, 1.54) is 6.08 Å². The normalized spacial score (nSPS) is 36.9. The van der Waals surface area contributed by atoms with Crippen molar-refractivity contribution in [2.24, 2.45) is 23.7 Å². The summed E-state index contributed by atoms with van der Waals surface area (Å²) >= 11 is 0. The Morgan fingerprint density at radius 1 is 1.36 bits per heavy atom. The average Bonchev–Trinajstić information content (AvgIpc) is 2.99. The van der Waals surface area contributed by atoms with Gasteiger partial charge in [0, 0.05) is 23.0 Å². The first-order valence-corrected chi connectivity index (χ1v) is 8.37. The molecule has 0 aromatic carbocycles. The van der Waals surface area contributed by atoms with Crippen LogP contribution in [-0.2, 0) is 23.9 Å². The van der Waals surface area contributed by atoms with Crippen LogP contribution in [0.5, 0.6) is 0 Å². The zero-order chi connectivity index (χ0) is 18.5. The zero-order valence-electron chi connectivity index (χ0n) is 14.4. The van der Waals surface area contributed by atoms with Crippen molar-refractivity contribution in [3.8, 4) is 0 Å². The molecule has 1 saturated carbocycles. The molecule has 1 heterocycles. The van der Waals surface area contributed by atoms with E-state index in [1.54, 1.807) is 6.92 Å². The van der Waals surface area contributed by atoms with Crippen molar-refractivity contribution < 1.29 is 29.0 Å². The molecule has 6 atom stereocenters. The maximum absolute atomic E-state index is 12.5. The Balaban J connectivity index is 2.02. The van der Waals surface area contributed by atoms with Gasteiger partial charge in [0.25, 0.3) is 0 Å². The summed E-state index contributed by atoms with van der Waals surface area (Å²) in [7, 11) is 0. The van der Waals surface area contributed by atoms with Gasteiger partial charge < -0.3 is 14.6 Å². The monoisotopic (exact) mass is 346 g/mol. The summed E-state index contributed by atoms with van der Waals surface area (Å²) in [6.07, 6.45) is 0.581. The van der Waals surface area contributed by atoms with Crippen LogP contribution in [0.15, 0.2) is 36.0 Å². The molecule has 6 unspecified atom stereocenters. The zero-order valence-corrected chi connectivity index (χ0v) is 14.4. The number of rotatable bonds is 3. The number of carbonyl (C=O) groups excluding carboxylic acids is 3. The van der Waals surface area contributed by atoms with Crippen molar-refractivity contribution >= 4 is 17.7 Å². The summed E-state index contributed by atoms with van der Waals surface area (Å²) in [5.41, 5.74) is 1.07. The number of hydrogen-bond acceptors (Lipinski definition) is 6. The molecule has 1 N–H and O–H groups in total. The number of ether oxygens (including phenoxy) is 2. The van der Waals surface area contributed by atoms with Gasteiger partial charge in [-0.25, -0.2) is 9.59 Å². The van der Waals surface area contributed by atoms with Crippen LogP contribution in [0.3, 0.4) is 0 Å². The molecular formula is C19H22O6. The highest BCUT2D eigenvalue weighted by atomic mass is 16.6. The molecule has 0 aromatic rings. The lowest BCUT2D eigenvalue weighted by atomic mass is 9.78. The summed E-state index contributed by atoms with van der Waals surface area (Å²) in [5.74, 6) is -2.61. The van der Waals surface area contributed by atoms with Gasteiger partial charge >= 0.3 is 11.9 Å². The minimum absolute atomic E-state index is 0.0826. The first kappa shape index (κ1) is 17.6. The lowest BCUT2D eigenvalue weighted by Gasteiger charge is -2.29. The Bertz CT molecular complexity index is 703. The number of esters is 2. The van der Waals surface area contributed by atoms with E-state index < -0.39 is 41.9 Å². The van der Waals surface area contributed by atoms with Crippen molar-refractivity contribution in [1.82, 2.24) is 0 Å². The fourth-order valence-corrected chi connectivity index (χ4v) is 4.34. The quantitative estimate of drug-likeness (QED) is 0.613. The van der Waals surface area contributed by atoms with Crippen LogP contribution in [-0.4, -0.2) is 41.6 Å². The maximum Gasteiger partial charge on any atom is 0.334 e. The van der Waals surface area contributed by atoms with E-state index in [9.17, 15) is 19.5 Å². The van der Waals surface area contributed by atoms with E-state index in [4.69, 9.17) is 9.47 Å². The SMILES string of the molecule is C=C(C)C(=O)OC1CC(C)C2C(=O)C=C(CO)C2C2OC(=O)C(=C)C12. The molecule has 25 heavy (non-hydrogen) atoms. The topological polar surface area (TPSA) is 89.9 Å². The Hall–Kier alpha value is -2.21. The van der Waals surface area contributed by atoms with Gasteiger partial charge in [-0.2, -0.15) is 0 Å². The van der Waals surface area contributed by atoms with Gasteiger partial charge in [-0.1, -0.05) is 20.1 Å². The summed E-state index contributed by atoms with van der Waals surface area (Å²) in [6.45, 7) is 10.6. The van der Waals surface area contributed by atoms with Gasteiger partial charge in [0.1, 0.15) is 12.2 Å². The predicted molar refractivity (Wildman–Crippen MR) is 88.1 cm³/mol. The number of carbonyl (C=O) groups is 3. The minimum Gasteiger partial charge on any atom is -0.458 e. The molecule has 134 valence electrons. The molecule has 0 aromatic heterocycles. The molecule has 2 aliphatic carbocycles. The Morgan fingerprint density at radius 3 is 2.64 bits per heavy atom.